The number of rotatable bonds is 4. The van der Waals surface area contributed by atoms with Crippen molar-refractivity contribution < 1.29 is 13.2 Å². The molecule has 1 atom stereocenters. The molecular formula is C15H18ClNO3S. The van der Waals surface area contributed by atoms with Gasteiger partial charge in [0, 0.05) is 11.4 Å². The van der Waals surface area contributed by atoms with E-state index in [9.17, 15) is 13.2 Å². The van der Waals surface area contributed by atoms with Crippen LogP contribution in [0.25, 0.3) is 0 Å². The van der Waals surface area contributed by atoms with Crippen molar-refractivity contribution in [1.29, 1.82) is 0 Å². The van der Waals surface area contributed by atoms with E-state index in [1.54, 1.807) is 0 Å². The Morgan fingerprint density at radius 3 is 2.48 bits per heavy atom. The highest BCUT2D eigenvalue weighted by Crippen LogP contribution is 2.45. The summed E-state index contributed by atoms with van der Waals surface area (Å²) in [4.78, 5) is 12.2. The Morgan fingerprint density at radius 2 is 1.95 bits per heavy atom. The molecule has 1 aliphatic heterocycles. The fraction of sp³-hybridized carbons (Fsp3) is 0.533. The minimum absolute atomic E-state index is 0.0315. The zero-order chi connectivity index (χ0) is 15.1. The minimum Gasteiger partial charge on any atom is -0.347 e. The topological polar surface area (TPSA) is 63.2 Å². The molecule has 0 radical (unpaired) electrons. The Hall–Kier alpha value is -1.07. The van der Waals surface area contributed by atoms with Crippen LogP contribution in [0.3, 0.4) is 0 Å². The van der Waals surface area contributed by atoms with Gasteiger partial charge in [0.1, 0.15) is 0 Å². The molecule has 0 bridgehead atoms. The van der Waals surface area contributed by atoms with E-state index in [0.717, 1.165) is 18.4 Å². The SMILES string of the molecule is O=C(CC1CCS(=O)(=O)C1)NC1(c2ccc(Cl)cc2)CC1. The lowest BCUT2D eigenvalue weighted by molar-refractivity contribution is -0.122. The van der Waals surface area contributed by atoms with Gasteiger partial charge in [0.2, 0.25) is 5.91 Å². The van der Waals surface area contributed by atoms with Gasteiger partial charge in [-0.15, -0.1) is 0 Å². The van der Waals surface area contributed by atoms with Gasteiger partial charge >= 0.3 is 0 Å². The average molecular weight is 328 g/mol. The Bertz CT molecular complexity index is 650. The molecule has 3 rings (SSSR count). The molecule has 21 heavy (non-hydrogen) atoms. The van der Waals surface area contributed by atoms with E-state index in [4.69, 9.17) is 11.6 Å². The fourth-order valence-electron chi connectivity index (χ4n) is 2.99. The van der Waals surface area contributed by atoms with Crippen LogP contribution in [0.1, 0.15) is 31.2 Å². The monoisotopic (exact) mass is 327 g/mol. The lowest BCUT2D eigenvalue weighted by Gasteiger charge is -2.19. The maximum Gasteiger partial charge on any atom is 0.221 e. The Kier molecular flexibility index (Phi) is 3.74. The summed E-state index contributed by atoms with van der Waals surface area (Å²) in [6.45, 7) is 0. The molecule has 0 aromatic heterocycles. The number of amides is 1. The second kappa shape index (κ2) is 5.29. The highest BCUT2D eigenvalue weighted by Gasteiger charge is 2.45. The van der Waals surface area contributed by atoms with E-state index in [-0.39, 0.29) is 28.9 Å². The predicted molar refractivity (Wildman–Crippen MR) is 81.9 cm³/mol. The number of carbonyl (C=O) groups is 1. The summed E-state index contributed by atoms with van der Waals surface area (Å²) >= 11 is 5.88. The van der Waals surface area contributed by atoms with Crippen LogP contribution in [0, 0.1) is 5.92 Å². The van der Waals surface area contributed by atoms with E-state index in [1.165, 1.54) is 0 Å². The smallest absolute Gasteiger partial charge is 0.221 e. The van der Waals surface area contributed by atoms with Gasteiger partial charge in [-0.2, -0.15) is 0 Å². The van der Waals surface area contributed by atoms with Gasteiger partial charge in [0.25, 0.3) is 0 Å². The first-order valence-corrected chi connectivity index (χ1v) is 9.36. The second-order valence-corrected chi connectivity index (χ2v) is 8.78. The number of sulfone groups is 1. The van der Waals surface area contributed by atoms with Gasteiger partial charge in [0.15, 0.2) is 9.84 Å². The number of hydrogen-bond donors (Lipinski definition) is 1. The summed E-state index contributed by atoms with van der Waals surface area (Å²) in [6.07, 6.45) is 2.74. The highest BCUT2D eigenvalue weighted by molar-refractivity contribution is 7.91. The maximum atomic E-state index is 12.2. The van der Waals surface area contributed by atoms with Crippen LogP contribution in [0.4, 0.5) is 0 Å². The zero-order valence-electron chi connectivity index (χ0n) is 11.6. The first kappa shape index (κ1) is 14.9. The molecule has 1 heterocycles. The van der Waals surface area contributed by atoms with Crippen LogP contribution >= 0.6 is 11.6 Å². The van der Waals surface area contributed by atoms with E-state index >= 15 is 0 Å². The first-order valence-electron chi connectivity index (χ1n) is 7.16. The van der Waals surface area contributed by atoms with Crippen molar-refractivity contribution in [2.75, 3.05) is 11.5 Å². The van der Waals surface area contributed by atoms with Gasteiger partial charge in [-0.25, -0.2) is 8.42 Å². The minimum atomic E-state index is -2.92. The van der Waals surface area contributed by atoms with Crippen LogP contribution in [0.5, 0.6) is 0 Å². The van der Waals surface area contributed by atoms with Crippen LogP contribution in [0.2, 0.25) is 5.02 Å². The first-order chi connectivity index (χ1) is 9.89. The third-order valence-electron chi connectivity index (χ3n) is 4.33. The number of hydrogen-bond acceptors (Lipinski definition) is 3. The van der Waals surface area contributed by atoms with Gasteiger partial charge in [-0.3, -0.25) is 4.79 Å². The molecule has 2 fully saturated rings. The molecule has 1 amide bonds. The standard InChI is InChI=1S/C15H18ClNO3S/c16-13-3-1-12(2-4-13)15(6-7-15)17-14(18)9-11-5-8-21(19,20)10-11/h1-4,11H,5-10H2,(H,17,18). The zero-order valence-corrected chi connectivity index (χ0v) is 13.2. The van der Waals surface area contributed by atoms with Gasteiger partial charge in [0.05, 0.1) is 17.0 Å². The van der Waals surface area contributed by atoms with Crippen molar-refractivity contribution in [1.82, 2.24) is 5.32 Å². The number of halogens is 1. The predicted octanol–water partition coefficient (Wildman–Crippen LogP) is 2.27. The van der Waals surface area contributed by atoms with E-state index in [1.807, 2.05) is 24.3 Å². The number of benzene rings is 1. The van der Waals surface area contributed by atoms with Crippen LogP contribution in [-0.4, -0.2) is 25.8 Å². The molecule has 6 heteroatoms. The van der Waals surface area contributed by atoms with Crippen molar-refractivity contribution in [3.8, 4) is 0 Å². The second-order valence-electron chi connectivity index (χ2n) is 6.11. The molecule has 1 saturated heterocycles. The fourth-order valence-corrected chi connectivity index (χ4v) is 4.98. The van der Waals surface area contributed by atoms with Crippen molar-refractivity contribution in [2.24, 2.45) is 5.92 Å². The van der Waals surface area contributed by atoms with Gasteiger partial charge in [-0.1, -0.05) is 23.7 Å². The molecular weight excluding hydrogens is 310 g/mol. The van der Waals surface area contributed by atoms with Crippen molar-refractivity contribution in [2.45, 2.75) is 31.2 Å². The van der Waals surface area contributed by atoms with E-state index < -0.39 is 9.84 Å². The lowest BCUT2D eigenvalue weighted by Crippen LogP contribution is -2.36. The van der Waals surface area contributed by atoms with Crippen LogP contribution in [0.15, 0.2) is 24.3 Å². The maximum absolute atomic E-state index is 12.2. The van der Waals surface area contributed by atoms with Crippen LogP contribution < -0.4 is 5.32 Å². The molecule has 114 valence electrons. The molecule has 1 N–H and O–H groups in total. The lowest BCUT2D eigenvalue weighted by atomic mass is 10.0. The summed E-state index contributed by atoms with van der Waals surface area (Å²) in [5, 5.41) is 3.76. The molecule has 0 spiro atoms. The molecule has 1 aromatic rings. The van der Waals surface area contributed by atoms with Gasteiger partial charge in [-0.05, 0) is 42.9 Å². The Morgan fingerprint density at radius 1 is 1.29 bits per heavy atom. The molecule has 4 nitrogen and oxygen atoms in total. The average Bonchev–Trinajstić information content (AvgIpc) is 3.09. The quantitative estimate of drug-likeness (QED) is 0.922. The number of nitrogens with one attached hydrogen (secondary N) is 1. The molecule has 1 saturated carbocycles. The molecule has 1 aliphatic carbocycles. The summed E-state index contributed by atoms with van der Waals surface area (Å²) in [7, 11) is -2.92. The van der Waals surface area contributed by atoms with E-state index in [2.05, 4.69) is 5.32 Å². The highest BCUT2D eigenvalue weighted by atomic mass is 35.5. The number of carbonyl (C=O) groups excluding carboxylic acids is 1. The third kappa shape index (κ3) is 3.40. The Balaban J connectivity index is 1.61. The van der Waals surface area contributed by atoms with Crippen LogP contribution in [-0.2, 0) is 20.2 Å². The summed E-state index contributed by atoms with van der Waals surface area (Å²) in [5.41, 5.74) is 0.804. The molecule has 2 aliphatic rings. The van der Waals surface area contributed by atoms with Gasteiger partial charge < -0.3 is 5.32 Å². The summed E-state index contributed by atoms with van der Waals surface area (Å²) in [6, 6.07) is 7.53. The van der Waals surface area contributed by atoms with Crippen molar-refractivity contribution in [3.05, 3.63) is 34.9 Å². The van der Waals surface area contributed by atoms with Crippen molar-refractivity contribution >= 4 is 27.3 Å². The normalized spacial score (nSPS) is 25.5. The summed E-state index contributed by atoms with van der Waals surface area (Å²) in [5.74, 6) is 0.280. The third-order valence-corrected chi connectivity index (χ3v) is 6.42. The van der Waals surface area contributed by atoms with E-state index in [0.29, 0.717) is 17.9 Å². The van der Waals surface area contributed by atoms with Crippen molar-refractivity contribution in [3.63, 3.8) is 0 Å². The Labute approximate surface area is 129 Å². The summed E-state index contributed by atoms with van der Waals surface area (Å²) < 4.78 is 22.9. The largest absolute Gasteiger partial charge is 0.347 e. The molecule has 1 aromatic carbocycles. The molecule has 1 unspecified atom stereocenters.